The van der Waals surface area contributed by atoms with E-state index in [9.17, 15) is 9.59 Å². The lowest BCUT2D eigenvalue weighted by atomic mass is 10.0. The van der Waals surface area contributed by atoms with Gasteiger partial charge in [-0.2, -0.15) is 5.26 Å². The molecule has 2 aromatic carbocycles. The average Bonchev–Trinajstić information content (AvgIpc) is 2.69. The summed E-state index contributed by atoms with van der Waals surface area (Å²) in [7, 11) is 0. The van der Waals surface area contributed by atoms with Gasteiger partial charge in [-0.05, 0) is 50.6 Å². The fourth-order valence-corrected chi connectivity index (χ4v) is 2.50. The summed E-state index contributed by atoms with van der Waals surface area (Å²) in [5, 5.41) is 8.76. The summed E-state index contributed by atoms with van der Waals surface area (Å²) >= 11 is 0. The van der Waals surface area contributed by atoms with E-state index < -0.39 is 11.5 Å². The van der Waals surface area contributed by atoms with Gasteiger partial charge in [-0.3, -0.25) is 4.79 Å². The molecule has 0 unspecified atom stereocenters. The number of nitriles is 1. The Morgan fingerprint density at radius 1 is 1.00 bits per heavy atom. The standard InChI is InChI=1S/C22H24N2O4/c1-22(2,3)24(14-18-7-5-4-6-8-18)20(25)15-28-21(26)16-27-19-11-9-17(13-23)10-12-19/h4-12H,14-16H2,1-3H3. The van der Waals surface area contributed by atoms with Crippen LogP contribution in [-0.2, 0) is 20.9 Å². The molecule has 0 atom stereocenters. The van der Waals surface area contributed by atoms with Crippen molar-refractivity contribution in [2.24, 2.45) is 0 Å². The normalized spacial score (nSPS) is 10.6. The monoisotopic (exact) mass is 380 g/mol. The minimum absolute atomic E-state index is 0.275. The third kappa shape index (κ3) is 6.44. The van der Waals surface area contributed by atoms with Crippen molar-refractivity contribution < 1.29 is 19.1 Å². The van der Waals surface area contributed by atoms with E-state index in [0.717, 1.165) is 5.56 Å². The zero-order valence-corrected chi connectivity index (χ0v) is 16.3. The van der Waals surface area contributed by atoms with Crippen LogP contribution in [0.5, 0.6) is 5.75 Å². The van der Waals surface area contributed by atoms with Gasteiger partial charge >= 0.3 is 5.97 Å². The molecule has 0 heterocycles. The van der Waals surface area contributed by atoms with Crippen LogP contribution in [0.1, 0.15) is 31.9 Å². The van der Waals surface area contributed by atoms with Crippen molar-refractivity contribution in [3.63, 3.8) is 0 Å². The van der Waals surface area contributed by atoms with E-state index in [4.69, 9.17) is 14.7 Å². The molecule has 0 aliphatic carbocycles. The number of nitrogens with zero attached hydrogens (tertiary/aromatic N) is 2. The number of amides is 1. The van der Waals surface area contributed by atoms with E-state index in [2.05, 4.69) is 0 Å². The Morgan fingerprint density at radius 2 is 1.64 bits per heavy atom. The fraction of sp³-hybridized carbons (Fsp3) is 0.318. The summed E-state index contributed by atoms with van der Waals surface area (Å²) in [6.45, 7) is 5.58. The van der Waals surface area contributed by atoms with Crippen LogP contribution in [0.4, 0.5) is 0 Å². The van der Waals surface area contributed by atoms with Gasteiger partial charge < -0.3 is 14.4 Å². The number of hydrogen-bond donors (Lipinski definition) is 0. The second-order valence-corrected chi connectivity index (χ2v) is 7.22. The van der Waals surface area contributed by atoms with Gasteiger partial charge in [0.15, 0.2) is 13.2 Å². The Labute approximate surface area is 165 Å². The highest BCUT2D eigenvalue weighted by molar-refractivity contribution is 5.81. The molecular formula is C22H24N2O4. The van der Waals surface area contributed by atoms with Gasteiger partial charge in [0.2, 0.25) is 0 Å². The highest BCUT2D eigenvalue weighted by atomic mass is 16.6. The Bertz CT molecular complexity index is 834. The molecule has 2 aromatic rings. The molecule has 0 bridgehead atoms. The maximum absolute atomic E-state index is 12.6. The van der Waals surface area contributed by atoms with Gasteiger partial charge in [-0.15, -0.1) is 0 Å². The molecule has 0 spiro atoms. The summed E-state index contributed by atoms with van der Waals surface area (Å²) in [4.78, 5) is 26.2. The van der Waals surface area contributed by atoms with Crippen molar-refractivity contribution in [2.75, 3.05) is 13.2 Å². The summed E-state index contributed by atoms with van der Waals surface area (Å²) < 4.78 is 10.4. The van der Waals surface area contributed by atoms with Crippen LogP contribution in [0.2, 0.25) is 0 Å². The maximum atomic E-state index is 12.6. The lowest BCUT2D eigenvalue weighted by Gasteiger charge is -2.35. The highest BCUT2D eigenvalue weighted by Crippen LogP contribution is 2.18. The molecule has 6 nitrogen and oxygen atoms in total. The third-order valence-electron chi connectivity index (χ3n) is 3.99. The van der Waals surface area contributed by atoms with Crippen LogP contribution in [0.15, 0.2) is 54.6 Å². The van der Waals surface area contributed by atoms with E-state index in [1.54, 1.807) is 29.2 Å². The lowest BCUT2D eigenvalue weighted by molar-refractivity contribution is -0.156. The second-order valence-electron chi connectivity index (χ2n) is 7.22. The molecule has 0 N–H and O–H groups in total. The lowest BCUT2D eigenvalue weighted by Crippen LogP contribution is -2.47. The number of ether oxygens (including phenoxy) is 2. The van der Waals surface area contributed by atoms with Crippen molar-refractivity contribution in [1.82, 2.24) is 4.90 Å². The first-order chi connectivity index (χ1) is 13.3. The number of rotatable bonds is 7. The summed E-state index contributed by atoms with van der Waals surface area (Å²) in [6, 6.07) is 18.0. The molecule has 1 amide bonds. The Hall–Kier alpha value is -3.33. The van der Waals surface area contributed by atoms with Gasteiger partial charge in [0, 0.05) is 12.1 Å². The SMILES string of the molecule is CC(C)(C)N(Cc1ccccc1)C(=O)COC(=O)COc1ccc(C#N)cc1. The number of hydrogen-bond acceptors (Lipinski definition) is 5. The molecule has 0 aliphatic rings. The van der Waals surface area contributed by atoms with Crippen LogP contribution in [-0.4, -0.2) is 35.5 Å². The van der Waals surface area contributed by atoms with E-state index in [1.807, 2.05) is 57.2 Å². The third-order valence-corrected chi connectivity index (χ3v) is 3.99. The molecule has 0 aromatic heterocycles. The van der Waals surface area contributed by atoms with E-state index >= 15 is 0 Å². The molecule has 0 saturated carbocycles. The molecule has 0 saturated heterocycles. The predicted molar refractivity (Wildman–Crippen MR) is 104 cm³/mol. The number of benzene rings is 2. The molecule has 0 aliphatic heterocycles. The van der Waals surface area contributed by atoms with Crippen molar-refractivity contribution >= 4 is 11.9 Å². The Kier molecular flexibility index (Phi) is 7.16. The minimum Gasteiger partial charge on any atom is -0.482 e. The van der Waals surface area contributed by atoms with E-state index in [0.29, 0.717) is 17.9 Å². The quantitative estimate of drug-likeness (QED) is 0.689. The summed E-state index contributed by atoms with van der Waals surface area (Å²) in [5.41, 5.74) is 1.08. The van der Waals surface area contributed by atoms with Crippen LogP contribution < -0.4 is 4.74 Å². The zero-order chi connectivity index (χ0) is 20.6. The maximum Gasteiger partial charge on any atom is 0.344 e. The molecule has 0 fully saturated rings. The largest absolute Gasteiger partial charge is 0.482 e. The Morgan fingerprint density at radius 3 is 2.21 bits per heavy atom. The first-order valence-corrected chi connectivity index (χ1v) is 8.92. The van der Waals surface area contributed by atoms with Gasteiger partial charge in [0.1, 0.15) is 5.75 Å². The second kappa shape index (κ2) is 9.56. The van der Waals surface area contributed by atoms with Gasteiger partial charge in [0.25, 0.3) is 5.91 Å². The first kappa shape index (κ1) is 21.0. The topological polar surface area (TPSA) is 79.6 Å². The van der Waals surface area contributed by atoms with Crippen LogP contribution in [0, 0.1) is 11.3 Å². The van der Waals surface area contributed by atoms with Gasteiger partial charge in [-0.25, -0.2) is 4.79 Å². The van der Waals surface area contributed by atoms with Crippen molar-refractivity contribution in [2.45, 2.75) is 32.9 Å². The van der Waals surface area contributed by atoms with Crippen molar-refractivity contribution in [3.8, 4) is 11.8 Å². The number of carbonyl (C=O) groups is 2. The predicted octanol–water partition coefficient (Wildman–Crippen LogP) is 3.31. The van der Waals surface area contributed by atoms with Crippen molar-refractivity contribution in [3.05, 3.63) is 65.7 Å². The molecule has 146 valence electrons. The molecule has 0 radical (unpaired) electrons. The molecule has 28 heavy (non-hydrogen) atoms. The molecule has 2 rings (SSSR count). The highest BCUT2D eigenvalue weighted by Gasteiger charge is 2.27. The Balaban J connectivity index is 1.86. The van der Waals surface area contributed by atoms with Crippen LogP contribution >= 0.6 is 0 Å². The fourth-order valence-electron chi connectivity index (χ4n) is 2.50. The van der Waals surface area contributed by atoms with Crippen molar-refractivity contribution in [1.29, 1.82) is 5.26 Å². The van der Waals surface area contributed by atoms with Gasteiger partial charge in [0.05, 0.1) is 11.6 Å². The number of carbonyl (C=O) groups excluding carboxylic acids is 2. The van der Waals surface area contributed by atoms with Crippen LogP contribution in [0.3, 0.4) is 0 Å². The molecule has 6 heteroatoms. The average molecular weight is 380 g/mol. The van der Waals surface area contributed by atoms with Crippen LogP contribution in [0.25, 0.3) is 0 Å². The van der Waals surface area contributed by atoms with E-state index in [-0.39, 0.29) is 19.1 Å². The first-order valence-electron chi connectivity index (χ1n) is 8.92. The summed E-state index contributed by atoms with van der Waals surface area (Å²) in [5.74, 6) is -0.461. The number of esters is 1. The smallest absolute Gasteiger partial charge is 0.344 e. The van der Waals surface area contributed by atoms with E-state index in [1.165, 1.54) is 0 Å². The summed E-state index contributed by atoms with van der Waals surface area (Å²) in [6.07, 6.45) is 0. The zero-order valence-electron chi connectivity index (χ0n) is 16.3. The molecular weight excluding hydrogens is 356 g/mol. The van der Waals surface area contributed by atoms with Gasteiger partial charge in [-0.1, -0.05) is 30.3 Å². The minimum atomic E-state index is -0.633.